The number of aldehydes is 1. The van der Waals surface area contributed by atoms with E-state index in [-0.39, 0.29) is 11.7 Å². The molecule has 0 radical (unpaired) electrons. The molecule has 0 aliphatic rings. The van der Waals surface area contributed by atoms with Crippen LogP contribution < -0.4 is 15.5 Å². The van der Waals surface area contributed by atoms with Gasteiger partial charge >= 0.3 is 0 Å². The van der Waals surface area contributed by atoms with Gasteiger partial charge in [-0.2, -0.15) is 0 Å². The zero-order valence-corrected chi connectivity index (χ0v) is 15.0. The largest absolute Gasteiger partial charge is 0.484 e. The van der Waals surface area contributed by atoms with Gasteiger partial charge in [0, 0.05) is 20.2 Å². The average molecular weight is 387 g/mol. The summed E-state index contributed by atoms with van der Waals surface area (Å²) in [4.78, 5) is 35.6. The normalized spacial score (nSPS) is 11.5. The molecule has 0 aliphatic heterocycles. The van der Waals surface area contributed by atoms with Crippen LogP contribution in [0.1, 0.15) is 0 Å². The van der Waals surface area contributed by atoms with E-state index in [1.165, 1.54) is 11.3 Å². The van der Waals surface area contributed by atoms with Crippen LogP contribution in [0.25, 0.3) is 20.2 Å². The number of ether oxygens (including phenoxy) is 1. The average Bonchev–Trinajstić information content (AvgIpc) is 2.71. The maximum atomic E-state index is 12.7. The molecule has 0 saturated heterocycles. The molecule has 2 aromatic carbocycles. The van der Waals surface area contributed by atoms with E-state index < -0.39 is 31.3 Å². The Morgan fingerprint density at radius 2 is 1.81 bits per heavy atom. The first-order valence-corrected chi connectivity index (χ1v) is 8.91. The van der Waals surface area contributed by atoms with Crippen LogP contribution in [0.5, 0.6) is 5.75 Å². The topological polar surface area (TPSA) is 113 Å². The van der Waals surface area contributed by atoms with Gasteiger partial charge in [-0.25, -0.2) is 0 Å². The monoisotopic (exact) mass is 387 g/mol. The van der Waals surface area contributed by atoms with Gasteiger partial charge in [-0.3, -0.25) is 9.59 Å². The van der Waals surface area contributed by atoms with E-state index in [0.717, 1.165) is 9.40 Å². The third-order valence-corrected chi connectivity index (χ3v) is 5.25. The predicted molar refractivity (Wildman–Crippen MR) is 102 cm³/mol. The molecule has 1 heterocycles. The summed E-state index contributed by atoms with van der Waals surface area (Å²) in [5.41, 5.74) is -1.86. The smallest absolute Gasteiger partial charge is 0.258 e. The summed E-state index contributed by atoms with van der Waals surface area (Å²) in [6, 6.07) is 12.3. The van der Waals surface area contributed by atoms with Crippen LogP contribution in [0.15, 0.2) is 47.3 Å². The van der Waals surface area contributed by atoms with Crippen molar-refractivity contribution in [1.82, 2.24) is 5.32 Å². The summed E-state index contributed by atoms with van der Waals surface area (Å²) in [5.74, 6) is -0.365. The number of fused-ring (bicyclic) bond motifs is 2. The number of nitrogens with one attached hydrogen (secondary N) is 1. The van der Waals surface area contributed by atoms with E-state index >= 15 is 0 Å². The Morgan fingerprint density at radius 3 is 2.52 bits per heavy atom. The Labute approximate surface area is 157 Å². The van der Waals surface area contributed by atoms with Gasteiger partial charge in [0.25, 0.3) is 5.91 Å². The van der Waals surface area contributed by atoms with Crippen LogP contribution in [-0.4, -0.2) is 47.8 Å². The lowest BCUT2D eigenvalue weighted by molar-refractivity contribution is -0.130. The van der Waals surface area contributed by atoms with Crippen molar-refractivity contribution in [3.05, 3.63) is 52.7 Å². The van der Waals surface area contributed by atoms with Gasteiger partial charge in [-0.05, 0) is 30.3 Å². The Hall–Kier alpha value is -2.81. The van der Waals surface area contributed by atoms with Crippen molar-refractivity contribution in [3.63, 3.8) is 0 Å². The highest BCUT2D eigenvalue weighted by molar-refractivity contribution is 7.24. The van der Waals surface area contributed by atoms with Crippen LogP contribution in [0.2, 0.25) is 0 Å². The molecule has 0 fully saturated rings. The van der Waals surface area contributed by atoms with E-state index in [4.69, 9.17) is 14.9 Å². The third-order valence-electron chi connectivity index (χ3n) is 4.10. The number of hydrogen-bond acceptors (Lipinski definition) is 7. The number of benzene rings is 2. The summed E-state index contributed by atoms with van der Waals surface area (Å²) in [6.45, 7) is -1.91. The standard InChI is InChI=1S/C19H17NO6S/c21-9-19(10-22,11-23)20-17(24)8-26-12-5-6-16-14(7-12)18(25)13-3-1-2-4-15(13)27-16/h1-7,9,22-23H,8,10-11H2,(H,20,24). The van der Waals surface area contributed by atoms with E-state index in [2.05, 4.69) is 5.32 Å². The molecular weight excluding hydrogens is 370 g/mol. The highest BCUT2D eigenvalue weighted by Crippen LogP contribution is 2.27. The number of rotatable bonds is 7. The third kappa shape index (κ3) is 3.82. The van der Waals surface area contributed by atoms with Crippen molar-refractivity contribution in [2.75, 3.05) is 19.8 Å². The van der Waals surface area contributed by atoms with Gasteiger partial charge in [0.2, 0.25) is 0 Å². The summed E-state index contributed by atoms with van der Waals surface area (Å²) < 4.78 is 7.09. The molecule has 1 amide bonds. The second kappa shape index (κ2) is 7.83. The Kier molecular flexibility index (Phi) is 5.50. The maximum Gasteiger partial charge on any atom is 0.258 e. The first-order chi connectivity index (χ1) is 13.0. The first kappa shape index (κ1) is 19.0. The molecule has 0 unspecified atom stereocenters. The van der Waals surface area contributed by atoms with E-state index in [1.807, 2.05) is 12.1 Å². The van der Waals surface area contributed by atoms with Crippen molar-refractivity contribution >= 4 is 43.7 Å². The molecular formula is C19H17NO6S. The minimum atomic E-state index is -1.74. The van der Waals surface area contributed by atoms with Crippen molar-refractivity contribution < 1.29 is 24.5 Å². The lowest BCUT2D eigenvalue weighted by atomic mass is 10.1. The fourth-order valence-electron chi connectivity index (χ4n) is 2.57. The number of aliphatic hydroxyl groups excluding tert-OH is 2. The van der Waals surface area contributed by atoms with Crippen LogP contribution in [0, 0.1) is 0 Å². The minimum Gasteiger partial charge on any atom is -0.484 e. The summed E-state index contributed by atoms with van der Waals surface area (Å²) in [5, 5.41) is 21.7. The van der Waals surface area contributed by atoms with Crippen molar-refractivity contribution in [2.24, 2.45) is 0 Å². The number of amides is 1. The molecule has 0 spiro atoms. The predicted octanol–water partition coefficient (Wildman–Crippen LogP) is 0.832. The molecule has 3 aromatic rings. The van der Waals surface area contributed by atoms with Gasteiger partial charge in [-0.1, -0.05) is 12.1 Å². The zero-order valence-electron chi connectivity index (χ0n) is 14.2. The summed E-state index contributed by atoms with van der Waals surface area (Å²) in [7, 11) is 0. The molecule has 8 heteroatoms. The second-order valence-electron chi connectivity index (χ2n) is 6.01. The highest BCUT2D eigenvalue weighted by Gasteiger charge is 2.30. The van der Waals surface area contributed by atoms with Crippen LogP contribution in [0.4, 0.5) is 0 Å². The molecule has 140 valence electrons. The van der Waals surface area contributed by atoms with E-state index in [9.17, 15) is 14.4 Å². The first-order valence-electron chi connectivity index (χ1n) is 8.09. The Bertz CT molecular complexity index is 1060. The van der Waals surface area contributed by atoms with E-state index in [0.29, 0.717) is 16.5 Å². The number of hydrogen-bond donors (Lipinski definition) is 3. The number of aliphatic hydroxyl groups is 2. The molecule has 3 N–H and O–H groups in total. The molecule has 0 aliphatic carbocycles. The van der Waals surface area contributed by atoms with Crippen LogP contribution in [-0.2, 0) is 9.59 Å². The Balaban J connectivity index is 1.81. The second-order valence-corrected chi connectivity index (χ2v) is 7.10. The summed E-state index contributed by atoms with van der Waals surface area (Å²) in [6.07, 6.45) is 0.275. The minimum absolute atomic E-state index is 0.116. The van der Waals surface area contributed by atoms with Crippen molar-refractivity contribution in [1.29, 1.82) is 0 Å². The van der Waals surface area contributed by atoms with Crippen LogP contribution in [0.3, 0.4) is 0 Å². The lowest BCUT2D eigenvalue weighted by Crippen LogP contribution is -2.56. The molecule has 7 nitrogen and oxygen atoms in total. The fourth-order valence-corrected chi connectivity index (χ4v) is 3.62. The number of carbonyl (C=O) groups is 2. The Morgan fingerprint density at radius 1 is 1.11 bits per heavy atom. The van der Waals surface area contributed by atoms with Gasteiger partial charge in [-0.15, -0.1) is 11.3 Å². The maximum absolute atomic E-state index is 12.7. The van der Waals surface area contributed by atoms with Crippen molar-refractivity contribution in [3.8, 4) is 5.75 Å². The van der Waals surface area contributed by atoms with Gasteiger partial charge in [0.1, 0.15) is 17.6 Å². The summed E-state index contributed by atoms with van der Waals surface area (Å²) >= 11 is 1.49. The van der Waals surface area contributed by atoms with Gasteiger partial charge in [0.05, 0.1) is 13.2 Å². The molecule has 0 saturated carbocycles. The van der Waals surface area contributed by atoms with Crippen LogP contribution >= 0.6 is 11.3 Å². The van der Waals surface area contributed by atoms with Crippen molar-refractivity contribution in [2.45, 2.75) is 5.54 Å². The van der Waals surface area contributed by atoms with E-state index in [1.54, 1.807) is 30.3 Å². The quantitative estimate of drug-likeness (QED) is 0.409. The highest BCUT2D eigenvalue weighted by atomic mass is 32.1. The molecule has 3 rings (SSSR count). The molecule has 27 heavy (non-hydrogen) atoms. The zero-order chi connectivity index (χ0) is 19.4. The van der Waals surface area contributed by atoms with Gasteiger partial charge in [0.15, 0.2) is 12.0 Å². The lowest BCUT2D eigenvalue weighted by Gasteiger charge is -2.24. The fraction of sp³-hybridized carbons (Fsp3) is 0.211. The SMILES string of the molecule is O=CC(CO)(CO)NC(=O)COc1ccc2sc3ccccc3c(=O)c2c1. The molecule has 0 atom stereocenters. The molecule has 0 bridgehead atoms. The molecule has 1 aromatic heterocycles. The number of carbonyl (C=O) groups excluding carboxylic acids is 2. The van der Waals surface area contributed by atoms with Gasteiger partial charge < -0.3 is 25.1 Å².